The Kier molecular flexibility index (Phi) is 4.44. The van der Waals surface area contributed by atoms with E-state index in [1.807, 2.05) is 12.3 Å². The van der Waals surface area contributed by atoms with Gasteiger partial charge in [-0.15, -0.1) is 0 Å². The van der Waals surface area contributed by atoms with Crippen LogP contribution in [-0.4, -0.2) is 24.6 Å². The summed E-state index contributed by atoms with van der Waals surface area (Å²) >= 11 is 6.99. The highest BCUT2D eigenvalue weighted by Gasteiger charge is 2.30. The van der Waals surface area contributed by atoms with Crippen LogP contribution in [0.1, 0.15) is 19.3 Å². The topological polar surface area (TPSA) is 42.2 Å². The van der Waals surface area contributed by atoms with E-state index in [9.17, 15) is 0 Å². The molecule has 1 saturated carbocycles. The van der Waals surface area contributed by atoms with Crippen molar-refractivity contribution in [3.63, 3.8) is 0 Å². The van der Waals surface area contributed by atoms with E-state index in [4.69, 9.17) is 5.73 Å². The van der Waals surface area contributed by atoms with E-state index in [1.165, 1.54) is 19.3 Å². The SMILES string of the molecule is CN(c1ncc(Br)cc1Br)C1CCCC1CN. The molecule has 2 atom stereocenters. The first-order valence-corrected chi connectivity index (χ1v) is 7.46. The second-order valence-electron chi connectivity index (χ2n) is 4.56. The lowest BCUT2D eigenvalue weighted by atomic mass is 10.0. The first-order valence-electron chi connectivity index (χ1n) is 5.87. The van der Waals surface area contributed by atoms with Crippen LogP contribution in [0.25, 0.3) is 0 Å². The van der Waals surface area contributed by atoms with E-state index in [0.29, 0.717) is 12.0 Å². The first kappa shape index (κ1) is 13.3. The summed E-state index contributed by atoms with van der Waals surface area (Å²) in [5, 5.41) is 0. The molecule has 1 fully saturated rings. The number of halogens is 2. The highest BCUT2D eigenvalue weighted by atomic mass is 79.9. The Morgan fingerprint density at radius 1 is 1.47 bits per heavy atom. The summed E-state index contributed by atoms with van der Waals surface area (Å²) in [6, 6.07) is 2.55. The molecule has 2 rings (SSSR count). The summed E-state index contributed by atoms with van der Waals surface area (Å²) in [6.07, 6.45) is 5.55. The van der Waals surface area contributed by atoms with Crippen LogP contribution in [0.15, 0.2) is 21.2 Å². The third kappa shape index (κ3) is 2.83. The Balaban J connectivity index is 2.21. The maximum atomic E-state index is 5.84. The highest BCUT2D eigenvalue weighted by Crippen LogP contribution is 2.34. The van der Waals surface area contributed by atoms with Gasteiger partial charge in [0.25, 0.3) is 0 Å². The van der Waals surface area contributed by atoms with E-state index < -0.39 is 0 Å². The fraction of sp³-hybridized carbons (Fsp3) is 0.583. The summed E-state index contributed by atoms with van der Waals surface area (Å²) in [5.41, 5.74) is 5.84. The van der Waals surface area contributed by atoms with Crippen molar-refractivity contribution in [3.05, 3.63) is 21.2 Å². The van der Waals surface area contributed by atoms with E-state index in [1.54, 1.807) is 0 Å². The first-order chi connectivity index (χ1) is 8.13. The van der Waals surface area contributed by atoms with Gasteiger partial charge in [0.05, 0.1) is 4.47 Å². The van der Waals surface area contributed by atoms with Gasteiger partial charge in [-0.2, -0.15) is 0 Å². The summed E-state index contributed by atoms with van der Waals surface area (Å²) in [7, 11) is 2.11. The van der Waals surface area contributed by atoms with Gasteiger partial charge in [0.1, 0.15) is 5.82 Å². The quantitative estimate of drug-likeness (QED) is 0.897. The number of nitrogens with zero attached hydrogens (tertiary/aromatic N) is 2. The average molecular weight is 363 g/mol. The van der Waals surface area contributed by atoms with Crippen LogP contribution in [0.5, 0.6) is 0 Å². The van der Waals surface area contributed by atoms with Crippen molar-refractivity contribution in [1.29, 1.82) is 0 Å². The molecule has 94 valence electrons. The lowest BCUT2D eigenvalue weighted by Gasteiger charge is -2.30. The zero-order valence-electron chi connectivity index (χ0n) is 9.87. The van der Waals surface area contributed by atoms with Crippen molar-refractivity contribution < 1.29 is 0 Å². The summed E-state index contributed by atoms with van der Waals surface area (Å²) in [6.45, 7) is 0.767. The molecule has 0 bridgehead atoms. The zero-order valence-corrected chi connectivity index (χ0v) is 13.0. The predicted molar refractivity (Wildman–Crippen MR) is 78.2 cm³/mol. The minimum Gasteiger partial charge on any atom is -0.355 e. The number of nitrogens with two attached hydrogens (primary N) is 1. The van der Waals surface area contributed by atoms with Gasteiger partial charge in [0.2, 0.25) is 0 Å². The zero-order chi connectivity index (χ0) is 12.4. The van der Waals surface area contributed by atoms with Crippen molar-refractivity contribution in [2.24, 2.45) is 11.7 Å². The van der Waals surface area contributed by atoms with Gasteiger partial charge in [-0.3, -0.25) is 0 Å². The van der Waals surface area contributed by atoms with Crippen molar-refractivity contribution in [3.8, 4) is 0 Å². The number of hydrogen-bond acceptors (Lipinski definition) is 3. The van der Waals surface area contributed by atoms with Gasteiger partial charge >= 0.3 is 0 Å². The standard InChI is InChI=1S/C12H17Br2N3/c1-17(11-4-2-3-8(11)6-15)12-10(14)5-9(13)7-16-12/h5,7-8,11H,2-4,6,15H2,1H3. The molecule has 0 saturated heterocycles. The number of anilines is 1. The van der Waals surface area contributed by atoms with Gasteiger partial charge in [0.15, 0.2) is 0 Å². The second kappa shape index (κ2) is 5.67. The van der Waals surface area contributed by atoms with Crippen LogP contribution in [-0.2, 0) is 0 Å². The average Bonchev–Trinajstić information content (AvgIpc) is 2.76. The molecule has 0 aromatic carbocycles. The third-order valence-corrected chi connectivity index (χ3v) is 4.56. The van der Waals surface area contributed by atoms with Gasteiger partial charge < -0.3 is 10.6 Å². The van der Waals surface area contributed by atoms with Crippen LogP contribution in [0.4, 0.5) is 5.82 Å². The molecule has 1 aliphatic carbocycles. The van der Waals surface area contributed by atoms with Gasteiger partial charge in [0, 0.05) is 23.8 Å². The van der Waals surface area contributed by atoms with E-state index >= 15 is 0 Å². The number of aromatic nitrogens is 1. The van der Waals surface area contributed by atoms with Crippen LogP contribution in [0.3, 0.4) is 0 Å². The molecule has 2 N–H and O–H groups in total. The maximum Gasteiger partial charge on any atom is 0.142 e. The van der Waals surface area contributed by atoms with Crippen molar-refractivity contribution in [2.75, 3.05) is 18.5 Å². The van der Waals surface area contributed by atoms with E-state index in [2.05, 4.69) is 48.8 Å². The molecule has 1 aromatic heterocycles. The van der Waals surface area contributed by atoms with E-state index in [0.717, 1.165) is 21.3 Å². The molecule has 0 aliphatic heterocycles. The Morgan fingerprint density at radius 3 is 2.88 bits per heavy atom. The molecule has 1 heterocycles. The molecular weight excluding hydrogens is 346 g/mol. The molecule has 3 nitrogen and oxygen atoms in total. The van der Waals surface area contributed by atoms with E-state index in [-0.39, 0.29) is 0 Å². The van der Waals surface area contributed by atoms with Crippen LogP contribution < -0.4 is 10.6 Å². The smallest absolute Gasteiger partial charge is 0.142 e. The Bertz CT molecular complexity index is 397. The van der Waals surface area contributed by atoms with Crippen LogP contribution in [0.2, 0.25) is 0 Å². The number of rotatable bonds is 3. The minimum absolute atomic E-state index is 0.518. The maximum absolute atomic E-state index is 5.84. The molecule has 1 aromatic rings. The molecule has 0 spiro atoms. The summed E-state index contributed by atoms with van der Waals surface area (Å²) < 4.78 is 2.01. The van der Waals surface area contributed by atoms with Gasteiger partial charge in [-0.1, -0.05) is 6.42 Å². The molecule has 0 radical (unpaired) electrons. The van der Waals surface area contributed by atoms with Crippen molar-refractivity contribution in [2.45, 2.75) is 25.3 Å². The minimum atomic E-state index is 0.518. The largest absolute Gasteiger partial charge is 0.355 e. The fourth-order valence-corrected chi connectivity index (χ4v) is 3.89. The van der Waals surface area contributed by atoms with Gasteiger partial charge in [-0.05, 0) is 63.2 Å². The monoisotopic (exact) mass is 361 g/mol. The number of pyridine rings is 1. The predicted octanol–water partition coefficient (Wildman–Crippen LogP) is 3.17. The second-order valence-corrected chi connectivity index (χ2v) is 6.33. The Morgan fingerprint density at radius 2 is 2.24 bits per heavy atom. The Hall–Kier alpha value is -0.130. The summed E-state index contributed by atoms with van der Waals surface area (Å²) in [5.74, 6) is 1.59. The van der Waals surface area contributed by atoms with Gasteiger partial charge in [-0.25, -0.2) is 4.98 Å². The number of hydrogen-bond donors (Lipinski definition) is 1. The third-order valence-electron chi connectivity index (χ3n) is 3.54. The van der Waals surface area contributed by atoms with Crippen molar-refractivity contribution in [1.82, 2.24) is 4.98 Å². The lowest BCUT2D eigenvalue weighted by Crippen LogP contribution is -2.38. The molecule has 2 unspecified atom stereocenters. The Labute approximate surface area is 119 Å². The molecule has 17 heavy (non-hydrogen) atoms. The molecule has 5 heteroatoms. The normalized spacial score (nSPS) is 24.0. The summed E-state index contributed by atoms with van der Waals surface area (Å²) in [4.78, 5) is 6.75. The lowest BCUT2D eigenvalue weighted by molar-refractivity contribution is 0.472. The van der Waals surface area contributed by atoms with Crippen LogP contribution >= 0.6 is 31.9 Å². The fourth-order valence-electron chi connectivity index (χ4n) is 2.63. The highest BCUT2D eigenvalue weighted by molar-refractivity contribution is 9.11. The molecular formula is C12H17Br2N3. The van der Waals surface area contributed by atoms with Crippen LogP contribution in [0, 0.1) is 5.92 Å². The van der Waals surface area contributed by atoms with Crippen molar-refractivity contribution >= 4 is 37.7 Å². The molecule has 0 amide bonds. The molecule has 1 aliphatic rings.